The standard InChI is InChI=1S/C13H12Br3NS/c1-7-5-11(18-13(7)16)12(17-2)9-6-8(14)3-4-10(9)15/h3-6,12,17H,1-2H3. The van der Waals surface area contributed by atoms with Crippen molar-refractivity contribution >= 4 is 59.1 Å². The number of aryl methyl sites for hydroxylation is 1. The zero-order valence-corrected chi connectivity index (χ0v) is 15.5. The van der Waals surface area contributed by atoms with Gasteiger partial charge in [-0.1, -0.05) is 31.9 Å². The number of halogens is 3. The molecule has 0 radical (unpaired) electrons. The average Bonchev–Trinajstić information content (AvgIpc) is 2.65. The topological polar surface area (TPSA) is 12.0 Å². The highest BCUT2D eigenvalue weighted by molar-refractivity contribution is 9.11. The van der Waals surface area contributed by atoms with Gasteiger partial charge in [0.05, 0.1) is 9.83 Å². The second kappa shape index (κ2) is 6.18. The molecule has 0 saturated heterocycles. The average molecular weight is 454 g/mol. The maximum atomic E-state index is 3.63. The highest BCUT2D eigenvalue weighted by Gasteiger charge is 2.18. The second-order valence-electron chi connectivity index (χ2n) is 3.99. The molecule has 0 aliphatic carbocycles. The van der Waals surface area contributed by atoms with Crippen molar-refractivity contribution in [2.75, 3.05) is 7.05 Å². The Bertz CT molecular complexity index is 546. The van der Waals surface area contributed by atoms with Crippen molar-refractivity contribution < 1.29 is 0 Å². The van der Waals surface area contributed by atoms with Crippen LogP contribution in [-0.4, -0.2) is 7.05 Å². The van der Waals surface area contributed by atoms with Gasteiger partial charge in [-0.05, 0) is 65.3 Å². The minimum Gasteiger partial charge on any atom is -0.309 e. The van der Waals surface area contributed by atoms with Crippen LogP contribution in [0.3, 0.4) is 0 Å². The van der Waals surface area contributed by atoms with Gasteiger partial charge in [0, 0.05) is 13.8 Å². The van der Waals surface area contributed by atoms with Gasteiger partial charge in [0.25, 0.3) is 0 Å². The van der Waals surface area contributed by atoms with Gasteiger partial charge in [0.15, 0.2) is 0 Å². The molecule has 0 aliphatic rings. The first kappa shape index (κ1) is 14.7. The van der Waals surface area contributed by atoms with Crippen LogP contribution in [0.5, 0.6) is 0 Å². The Hall–Kier alpha value is 0.320. The number of hydrogen-bond donors (Lipinski definition) is 1. The summed E-state index contributed by atoms with van der Waals surface area (Å²) in [6.45, 7) is 2.12. The van der Waals surface area contributed by atoms with E-state index in [0.29, 0.717) is 0 Å². The van der Waals surface area contributed by atoms with E-state index in [2.05, 4.69) is 78.2 Å². The van der Waals surface area contributed by atoms with Crippen molar-refractivity contribution in [1.29, 1.82) is 0 Å². The first-order chi connectivity index (χ1) is 8.52. The lowest BCUT2D eigenvalue weighted by Crippen LogP contribution is -2.17. The Labute approximate surface area is 136 Å². The molecule has 1 N–H and O–H groups in total. The predicted octanol–water partition coefficient (Wildman–Crippen LogP) is 5.65. The van der Waals surface area contributed by atoms with Crippen LogP contribution >= 0.6 is 59.1 Å². The summed E-state index contributed by atoms with van der Waals surface area (Å²) in [5, 5.41) is 3.38. The molecule has 1 aromatic carbocycles. The Balaban J connectivity index is 2.48. The van der Waals surface area contributed by atoms with Crippen molar-refractivity contribution in [1.82, 2.24) is 5.32 Å². The maximum Gasteiger partial charge on any atom is 0.0731 e. The van der Waals surface area contributed by atoms with Crippen LogP contribution < -0.4 is 5.32 Å². The van der Waals surface area contributed by atoms with E-state index >= 15 is 0 Å². The zero-order chi connectivity index (χ0) is 13.3. The van der Waals surface area contributed by atoms with Crippen LogP contribution in [0.25, 0.3) is 0 Å². The van der Waals surface area contributed by atoms with E-state index in [4.69, 9.17) is 0 Å². The first-order valence-electron chi connectivity index (χ1n) is 5.41. The van der Waals surface area contributed by atoms with Gasteiger partial charge in [0.2, 0.25) is 0 Å². The lowest BCUT2D eigenvalue weighted by Gasteiger charge is -2.17. The summed E-state index contributed by atoms with van der Waals surface area (Å²) in [5.74, 6) is 0. The van der Waals surface area contributed by atoms with Crippen LogP contribution in [0, 0.1) is 6.92 Å². The molecule has 1 aromatic heterocycles. The van der Waals surface area contributed by atoms with Gasteiger partial charge in [0.1, 0.15) is 0 Å². The highest BCUT2D eigenvalue weighted by atomic mass is 79.9. The molecule has 2 aromatic rings. The van der Waals surface area contributed by atoms with Gasteiger partial charge >= 0.3 is 0 Å². The SMILES string of the molecule is CNC(c1cc(C)c(Br)s1)c1cc(Br)ccc1Br. The molecule has 0 aliphatic heterocycles. The van der Waals surface area contributed by atoms with E-state index in [-0.39, 0.29) is 6.04 Å². The molecule has 96 valence electrons. The number of hydrogen-bond acceptors (Lipinski definition) is 2. The third-order valence-electron chi connectivity index (χ3n) is 2.72. The molecule has 0 bridgehead atoms. The summed E-state index contributed by atoms with van der Waals surface area (Å²) in [7, 11) is 1.99. The Kier molecular flexibility index (Phi) is 5.06. The van der Waals surface area contributed by atoms with Crippen LogP contribution in [0.15, 0.2) is 37.0 Å². The van der Waals surface area contributed by atoms with Gasteiger partial charge < -0.3 is 5.32 Å². The molecule has 1 atom stereocenters. The summed E-state index contributed by atoms with van der Waals surface area (Å²) in [5.41, 5.74) is 2.52. The van der Waals surface area contributed by atoms with Crippen LogP contribution in [0.4, 0.5) is 0 Å². The van der Waals surface area contributed by atoms with Crippen molar-refractivity contribution in [3.05, 3.63) is 53.0 Å². The molecule has 1 nitrogen and oxygen atoms in total. The minimum atomic E-state index is 0.201. The molecule has 5 heteroatoms. The molecule has 2 rings (SSSR count). The summed E-state index contributed by atoms with van der Waals surface area (Å²) in [4.78, 5) is 1.31. The normalized spacial score (nSPS) is 12.7. The quantitative estimate of drug-likeness (QED) is 0.633. The largest absolute Gasteiger partial charge is 0.309 e. The van der Waals surface area contributed by atoms with Gasteiger partial charge in [-0.2, -0.15) is 0 Å². The zero-order valence-electron chi connectivity index (χ0n) is 9.93. The molecule has 0 fully saturated rings. The molecule has 1 heterocycles. The summed E-state index contributed by atoms with van der Waals surface area (Å²) < 4.78 is 3.41. The molecule has 0 saturated carbocycles. The fourth-order valence-corrected chi connectivity index (χ4v) is 4.37. The first-order valence-corrected chi connectivity index (χ1v) is 8.60. The van der Waals surface area contributed by atoms with Crippen molar-refractivity contribution in [2.45, 2.75) is 13.0 Å². The lowest BCUT2D eigenvalue weighted by molar-refractivity contribution is 0.700. The smallest absolute Gasteiger partial charge is 0.0731 e. The number of benzene rings is 1. The lowest BCUT2D eigenvalue weighted by atomic mass is 10.1. The second-order valence-corrected chi connectivity index (χ2v) is 8.16. The third kappa shape index (κ3) is 3.07. The van der Waals surface area contributed by atoms with E-state index < -0.39 is 0 Å². The van der Waals surface area contributed by atoms with Crippen LogP contribution in [0.2, 0.25) is 0 Å². The van der Waals surface area contributed by atoms with E-state index in [9.17, 15) is 0 Å². The van der Waals surface area contributed by atoms with Crippen molar-refractivity contribution in [3.8, 4) is 0 Å². The van der Waals surface area contributed by atoms with Gasteiger partial charge in [-0.25, -0.2) is 0 Å². The monoisotopic (exact) mass is 451 g/mol. The van der Waals surface area contributed by atoms with Gasteiger partial charge in [-0.3, -0.25) is 0 Å². The molecule has 18 heavy (non-hydrogen) atoms. The molecule has 0 spiro atoms. The van der Waals surface area contributed by atoms with E-state index in [0.717, 1.165) is 8.95 Å². The predicted molar refractivity (Wildman–Crippen MR) is 89.5 cm³/mol. The minimum absolute atomic E-state index is 0.201. The van der Waals surface area contributed by atoms with Crippen LogP contribution in [0.1, 0.15) is 22.0 Å². The molecular formula is C13H12Br3NS. The summed E-state index contributed by atoms with van der Waals surface area (Å²) in [6, 6.07) is 8.68. The van der Waals surface area contributed by atoms with Crippen molar-refractivity contribution in [3.63, 3.8) is 0 Å². The molecular weight excluding hydrogens is 442 g/mol. The fourth-order valence-electron chi connectivity index (χ4n) is 1.81. The van der Waals surface area contributed by atoms with Gasteiger partial charge in [-0.15, -0.1) is 11.3 Å². The Morgan fingerprint density at radius 2 is 1.89 bits per heavy atom. The van der Waals surface area contributed by atoms with Crippen LogP contribution in [-0.2, 0) is 0 Å². The third-order valence-corrected chi connectivity index (χ3v) is 6.14. The number of thiophene rings is 1. The van der Waals surface area contributed by atoms with E-state index in [1.165, 1.54) is 19.8 Å². The number of rotatable bonds is 3. The molecule has 1 unspecified atom stereocenters. The Morgan fingerprint density at radius 3 is 2.44 bits per heavy atom. The summed E-state index contributed by atoms with van der Waals surface area (Å²) >= 11 is 12.5. The van der Waals surface area contributed by atoms with Crippen molar-refractivity contribution in [2.24, 2.45) is 0 Å². The number of nitrogens with one attached hydrogen (secondary N) is 1. The fraction of sp³-hybridized carbons (Fsp3) is 0.231. The molecule has 0 amide bonds. The summed E-state index contributed by atoms with van der Waals surface area (Å²) in [6.07, 6.45) is 0. The van der Waals surface area contributed by atoms with E-state index in [1.807, 2.05) is 13.1 Å². The Morgan fingerprint density at radius 1 is 1.17 bits per heavy atom. The maximum absolute atomic E-state index is 3.63. The van der Waals surface area contributed by atoms with E-state index in [1.54, 1.807) is 11.3 Å². The highest BCUT2D eigenvalue weighted by Crippen LogP contribution is 2.37.